The zero-order chi connectivity index (χ0) is 18.1. The second-order valence-corrected chi connectivity index (χ2v) is 7.05. The molecule has 1 atom stereocenters. The van der Waals surface area contributed by atoms with E-state index in [9.17, 15) is 5.26 Å². The monoisotopic (exact) mass is 349 g/mol. The predicted octanol–water partition coefficient (Wildman–Crippen LogP) is 3.24. The number of rotatable bonds is 3. The first-order valence-electron chi connectivity index (χ1n) is 9.06. The van der Waals surface area contributed by atoms with E-state index in [1.165, 1.54) is 5.69 Å². The molecule has 2 aliphatic rings. The largest absolute Gasteiger partial charge is 0.378 e. The Morgan fingerprint density at radius 3 is 2.85 bits per heavy atom. The van der Waals surface area contributed by atoms with E-state index in [4.69, 9.17) is 4.74 Å². The van der Waals surface area contributed by atoms with E-state index in [0.717, 1.165) is 54.5 Å². The van der Waals surface area contributed by atoms with Gasteiger partial charge in [-0.05, 0) is 23.6 Å². The third-order valence-electron chi connectivity index (χ3n) is 5.10. The highest BCUT2D eigenvalue weighted by atomic mass is 16.5. The Balaban J connectivity index is 1.79. The Labute approximate surface area is 153 Å². The highest BCUT2D eigenvalue weighted by Gasteiger charge is 2.32. The maximum atomic E-state index is 9.92. The SMILES string of the molecule is CC(C)C1=C(C#N)C(c2cccc(N3CCOCC3)c2)c2cn[nH]c2N1. The van der Waals surface area contributed by atoms with Crippen LogP contribution in [0.3, 0.4) is 0 Å². The van der Waals surface area contributed by atoms with Gasteiger partial charge < -0.3 is 15.0 Å². The molecule has 1 aromatic carbocycles. The second-order valence-electron chi connectivity index (χ2n) is 7.05. The van der Waals surface area contributed by atoms with Crippen molar-refractivity contribution in [1.82, 2.24) is 10.2 Å². The summed E-state index contributed by atoms with van der Waals surface area (Å²) in [5.74, 6) is 1.01. The Kier molecular flexibility index (Phi) is 4.39. The van der Waals surface area contributed by atoms with E-state index >= 15 is 0 Å². The summed E-state index contributed by atoms with van der Waals surface area (Å²) in [6.45, 7) is 7.49. The maximum absolute atomic E-state index is 9.92. The molecule has 26 heavy (non-hydrogen) atoms. The number of nitrogens with zero attached hydrogens (tertiary/aromatic N) is 3. The highest BCUT2D eigenvalue weighted by molar-refractivity contribution is 5.66. The molecule has 134 valence electrons. The van der Waals surface area contributed by atoms with E-state index in [-0.39, 0.29) is 11.8 Å². The van der Waals surface area contributed by atoms with Gasteiger partial charge in [-0.15, -0.1) is 0 Å². The Morgan fingerprint density at radius 2 is 2.12 bits per heavy atom. The van der Waals surface area contributed by atoms with Crippen LogP contribution in [0.1, 0.15) is 30.9 Å². The molecule has 6 heteroatoms. The van der Waals surface area contributed by atoms with Crippen molar-refractivity contribution in [3.8, 4) is 6.07 Å². The van der Waals surface area contributed by atoms with Crippen LogP contribution in [0.15, 0.2) is 41.7 Å². The smallest absolute Gasteiger partial charge is 0.129 e. The minimum absolute atomic E-state index is 0.103. The zero-order valence-electron chi connectivity index (χ0n) is 15.1. The summed E-state index contributed by atoms with van der Waals surface area (Å²) in [6, 6.07) is 11.0. The summed E-state index contributed by atoms with van der Waals surface area (Å²) in [6.07, 6.45) is 1.82. The van der Waals surface area contributed by atoms with E-state index in [2.05, 4.69) is 64.6 Å². The third kappa shape index (κ3) is 2.85. The lowest BCUT2D eigenvalue weighted by atomic mass is 9.81. The molecule has 6 nitrogen and oxygen atoms in total. The fourth-order valence-electron chi connectivity index (χ4n) is 3.78. The molecular formula is C20H23N5O. The van der Waals surface area contributed by atoms with Crippen LogP contribution in [0.5, 0.6) is 0 Å². The van der Waals surface area contributed by atoms with E-state index in [0.29, 0.717) is 0 Å². The molecule has 1 fully saturated rings. The first kappa shape index (κ1) is 16.7. The molecule has 2 aliphatic heterocycles. The van der Waals surface area contributed by atoms with Crippen molar-refractivity contribution < 1.29 is 4.74 Å². The lowest BCUT2D eigenvalue weighted by Crippen LogP contribution is -2.36. The maximum Gasteiger partial charge on any atom is 0.129 e. The van der Waals surface area contributed by atoms with Crippen molar-refractivity contribution in [3.63, 3.8) is 0 Å². The molecule has 2 aromatic rings. The van der Waals surface area contributed by atoms with Crippen molar-refractivity contribution >= 4 is 11.5 Å². The van der Waals surface area contributed by atoms with Crippen LogP contribution >= 0.6 is 0 Å². The molecule has 3 heterocycles. The summed E-state index contributed by atoms with van der Waals surface area (Å²) in [5, 5.41) is 20.5. The number of nitriles is 1. The summed E-state index contributed by atoms with van der Waals surface area (Å²) in [7, 11) is 0. The number of aromatic amines is 1. The Hall–Kier alpha value is -2.78. The summed E-state index contributed by atoms with van der Waals surface area (Å²) >= 11 is 0. The number of ether oxygens (including phenoxy) is 1. The van der Waals surface area contributed by atoms with Gasteiger partial charge >= 0.3 is 0 Å². The van der Waals surface area contributed by atoms with Crippen LogP contribution < -0.4 is 10.2 Å². The van der Waals surface area contributed by atoms with E-state index < -0.39 is 0 Å². The number of nitrogens with one attached hydrogen (secondary N) is 2. The van der Waals surface area contributed by atoms with Crippen molar-refractivity contribution in [2.75, 3.05) is 36.5 Å². The summed E-state index contributed by atoms with van der Waals surface area (Å²) in [5.41, 5.74) is 5.05. The molecule has 0 radical (unpaired) electrons. The Morgan fingerprint density at radius 1 is 1.31 bits per heavy atom. The first-order chi connectivity index (χ1) is 12.7. The van der Waals surface area contributed by atoms with E-state index in [1.807, 2.05) is 6.20 Å². The number of aromatic nitrogens is 2. The number of fused-ring (bicyclic) bond motifs is 1. The molecule has 0 amide bonds. The number of benzene rings is 1. The molecule has 1 aromatic heterocycles. The zero-order valence-corrected chi connectivity index (χ0v) is 15.1. The lowest BCUT2D eigenvalue weighted by Gasteiger charge is -2.31. The average Bonchev–Trinajstić information content (AvgIpc) is 3.15. The fourth-order valence-corrected chi connectivity index (χ4v) is 3.78. The van der Waals surface area contributed by atoms with Crippen LogP contribution in [-0.2, 0) is 4.74 Å². The molecule has 0 aliphatic carbocycles. The number of allylic oxidation sites excluding steroid dienone is 2. The quantitative estimate of drug-likeness (QED) is 0.889. The lowest BCUT2D eigenvalue weighted by molar-refractivity contribution is 0.122. The van der Waals surface area contributed by atoms with Gasteiger partial charge in [0.25, 0.3) is 0 Å². The van der Waals surface area contributed by atoms with Crippen LogP contribution in [0.2, 0.25) is 0 Å². The second kappa shape index (κ2) is 6.85. The van der Waals surface area contributed by atoms with Crippen LogP contribution in [0, 0.1) is 17.2 Å². The van der Waals surface area contributed by atoms with Gasteiger partial charge in [0.15, 0.2) is 0 Å². The number of hydrogen-bond acceptors (Lipinski definition) is 5. The van der Waals surface area contributed by atoms with Crippen molar-refractivity contribution in [3.05, 3.63) is 52.9 Å². The van der Waals surface area contributed by atoms with Gasteiger partial charge in [-0.3, -0.25) is 5.10 Å². The molecule has 1 unspecified atom stereocenters. The van der Waals surface area contributed by atoms with Crippen LogP contribution in [-0.4, -0.2) is 36.5 Å². The standard InChI is InChI=1S/C20H23N5O/c1-13(2)19-16(11-21)18(17-12-22-24-20(17)23-19)14-4-3-5-15(10-14)25-6-8-26-9-7-25/h3-5,10,12-13,18H,6-9H2,1-2H3,(H2,22,23,24). The predicted molar refractivity (Wildman–Crippen MR) is 101 cm³/mol. The molecule has 0 spiro atoms. The molecule has 2 N–H and O–H groups in total. The normalized spacial score (nSPS) is 19.9. The molecule has 0 saturated carbocycles. The summed E-state index contributed by atoms with van der Waals surface area (Å²) < 4.78 is 5.47. The number of H-pyrrole nitrogens is 1. The van der Waals surface area contributed by atoms with Gasteiger partial charge in [-0.1, -0.05) is 26.0 Å². The topological polar surface area (TPSA) is 77.0 Å². The molecule has 1 saturated heterocycles. The summed E-state index contributed by atoms with van der Waals surface area (Å²) in [4.78, 5) is 2.34. The van der Waals surface area contributed by atoms with Gasteiger partial charge in [-0.2, -0.15) is 10.4 Å². The number of hydrogen-bond donors (Lipinski definition) is 2. The van der Waals surface area contributed by atoms with Gasteiger partial charge in [0, 0.05) is 30.0 Å². The molecule has 0 bridgehead atoms. The molecular weight excluding hydrogens is 326 g/mol. The third-order valence-corrected chi connectivity index (χ3v) is 5.10. The minimum atomic E-state index is -0.103. The Bertz CT molecular complexity index is 870. The number of anilines is 2. The minimum Gasteiger partial charge on any atom is -0.378 e. The van der Waals surface area contributed by atoms with Gasteiger partial charge in [0.1, 0.15) is 5.82 Å². The molecule has 4 rings (SSSR count). The van der Waals surface area contributed by atoms with Crippen molar-refractivity contribution in [2.24, 2.45) is 5.92 Å². The van der Waals surface area contributed by atoms with Crippen molar-refractivity contribution in [2.45, 2.75) is 19.8 Å². The first-order valence-corrected chi connectivity index (χ1v) is 9.06. The average molecular weight is 349 g/mol. The highest BCUT2D eigenvalue weighted by Crippen LogP contribution is 2.42. The fraction of sp³-hybridized carbons (Fsp3) is 0.400. The number of morpholine rings is 1. The van der Waals surface area contributed by atoms with Crippen molar-refractivity contribution in [1.29, 1.82) is 5.26 Å². The van der Waals surface area contributed by atoms with Gasteiger partial charge in [-0.25, -0.2) is 0 Å². The van der Waals surface area contributed by atoms with Crippen LogP contribution in [0.25, 0.3) is 0 Å². The van der Waals surface area contributed by atoms with Gasteiger partial charge in [0.05, 0.1) is 37.0 Å². The van der Waals surface area contributed by atoms with Gasteiger partial charge in [0.2, 0.25) is 0 Å². The van der Waals surface area contributed by atoms with E-state index in [1.54, 1.807) is 0 Å². The van der Waals surface area contributed by atoms with Crippen LogP contribution in [0.4, 0.5) is 11.5 Å².